The number of thiophene rings is 1. The van der Waals surface area contributed by atoms with Gasteiger partial charge in [0.05, 0.1) is 6.61 Å². The summed E-state index contributed by atoms with van der Waals surface area (Å²) in [5.41, 5.74) is 1.92. The Kier molecular flexibility index (Phi) is 4.09. The molecule has 0 bridgehead atoms. The average Bonchev–Trinajstić information content (AvgIpc) is 2.87. The zero-order valence-electron chi connectivity index (χ0n) is 11.6. The summed E-state index contributed by atoms with van der Waals surface area (Å²) in [7, 11) is 0. The minimum absolute atomic E-state index is 0.132. The molecular formula is C16H20O2S. The molecule has 0 aliphatic rings. The third-order valence-electron chi connectivity index (χ3n) is 3.10. The van der Waals surface area contributed by atoms with E-state index >= 15 is 0 Å². The normalized spacial score (nSPS) is 13.5. The maximum absolute atomic E-state index is 9.89. The molecule has 1 atom stereocenters. The summed E-state index contributed by atoms with van der Waals surface area (Å²) in [6, 6.07) is 11.9. The monoisotopic (exact) mass is 276 g/mol. The second kappa shape index (κ2) is 5.45. The van der Waals surface area contributed by atoms with E-state index in [9.17, 15) is 5.11 Å². The van der Waals surface area contributed by atoms with Crippen molar-refractivity contribution in [2.45, 2.75) is 32.3 Å². The largest absolute Gasteiger partial charge is 0.393 e. The Bertz CT molecular complexity index is 552. The molecule has 0 saturated heterocycles. The van der Waals surface area contributed by atoms with Gasteiger partial charge in [0, 0.05) is 9.75 Å². The van der Waals surface area contributed by atoms with Crippen molar-refractivity contribution in [2.75, 3.05) is 6.61 Å². The Morgan fingerprint density at radius 2 is 1.79 bits per heavy atom. The standard InChI is InChI=1S/C16H20O2S/c1-16(2,3)15-9-8-14(19-15)12-7-5-4-6-11(12)13(18)10-17/h4-9,13,17-18H,10H2,1-3H3. The van der Waals surface area contributed by atoms with Gasteiger partial charge in [-0.2, -0.15) is 0 Å². The lowest BCUT2D eigenvalue weighted by Crippen LogP contribution is -2.07. The van der Waals surface area contributed by atoms with Gasteiger partial charge in [-0.3, -0.25) is 0 Å². The molecule has 102 valence electrons. The van der Waals surface area contributed by atoms with Gasteiger partial charge < -0.3 is 10.2 Å². The Morgan fingerprint density at radius 3 is 2.37 bits per heavy atom. The first-order valence-corrected chi connectivity index (χ1v) is 7.23. The van der Waals surface area contributed by atoms with Crippen molar-refractivity contribution in [1.29, 1.82) is 0 Å². The first-order chi connectivity index (χ1) is 8.93. The lowest BCUT2D eigenvalue weighted by atomic mass is 9.95. The fourth-order valence-corrected chi connectivity index (χ4v) is 3.11. The van der Waals surface area contributed by atoms with E-state index in [0.717, 1.165) is 16.0 Å². The Balaban J connectivity index is 2.45. The summed E-state index contributed by atoms with van der Waals surface area (Å²) >= 11 is 1.74. The van der Waals surface area contributed by atoms with Gasteiger partial charge in [0.25, 0.3) is 0 Å². The van der Waals surface area contributed by atoms with Crippen LogP contribution in [0.2, 0.25) is 0 Å². The molecule has 2 nitrogen and oxygen atoms in total. The molecule has 0 fully saturated rings. The molecular weight excluding hydrogens is 256 g/mol. The van der Waals surface area contributed by atoms with Crippen LogP contribution in [-0.4, -0.2) is 16.8 Å². The fourth-order valence-electron chi connectivity index (χ4n) is 2.00. The number of hydrogen-bond donors (Lipinski definition) is 2. The second-order valence-electron chi connectivity index (χ2n) is 5.70. The number of aliphatic hydroxyl groups excluding tert-OH is 2. The van der Waals surface area contributed by atoms with Crippen molar-refractivity contribution >= 4 is 11.3 Å². The van der Waals surface area contributed by atoms with Crippen LogP contribution in [0.4, 0.5) is 0 Å². The molecule has 1 unspecified atom stereocenters. The first-order valence-electron chi connectivity index (χ1n) is 6.42. The van der Waals surface area contributed by atoms with Gasteiger partial charge in [-0.15, -0.1) is 11.3 Å². The predicted molar refractivity (Wildman–Crippen MR) is 80.5 cm³/mol. The summed E-state index contributed by atoms with van der Waals surface area (Å²) in [5.74, 6) is 0. The molecule has 0 spiro atoms. The number of hydrogen-bond acceptors (Lipinski definition) is 3. The van der Waals surface area contributed by atoms with Gasteiger partial charge in [-0.1, -0.05) is 45.0 Å². The third kappa shape index (κ3) is 3.06. The Labute approximate surface area is 118 Å². The Morgan fingerprint density at radius 1 is 1.11 bits per heavy atom. The van der Waals surface area contributed by atoms with Crippen LogP contribution >= 0.6 is 11.3 Å². The van der Waals surface area contributed by atoms with Crippen molar-refractivity contribution in [1.82, 2.24) is 0 Å². The van der Waals surface area contributed by atoms with Crippen LogP contribution in [-0.2, 0) is 5.41 Å². The van der Waals surface area contributed by atoms with Crippen LogP contribution in [0.3, 0.4) is 0 Å². The van der Waals surface area contributed by atoms with Gasteiger partial charge in [0.2, 0.25) is 0 Å². The first kappa shape index (κ1) is 14.3. The summed E-state index contributed by atoms with van der Waals surface area (Å²) in [4.78, 5) is 2.45. The van der Waals surface area contributed by atoms with Gasteiger partial charge in [-0.25, -0.2) is 0 Å². The van der Waals surface area contributed by atoms with Crippen molar-refractivity contribution in [2.24, 2.45) is 0 Å². The van der Waals surface area contributed by atoms with Gasteiger partial charge in [0.1, 0.15) is 6.10 Å². The summed E-state index contributed by atoms with van der Waals surface area (Å²) < 4.78 is 0. The molecule has 0 aliphatic carbocycles. The summed E-state index contributed by atoms with van der Waals surface area (Å²) in [6.45, 7) is 6.32. The average molecular weight is 276 g/mol. The molecule has 0 aliphatic heterocycles. The van der Waals surface area contributed by atoms with Crippen LogP contribution < -0.4 is 0 Å². The van der Waals surface area contributed by atoms with E-state index in [-0.39, 0.29) is 12.0 Å². The van der Waals surface area contributed by atoms with E-state index in [1.165, 1.54) is 4.88 Å². The quantitative estimate of drug-likeness (QED) is 0.896. The van der Waals surface area contributed by atoms with Crippen molar-refractivity contribution in [3.05, 3.63) is 46.8 Å². The lowest BCUT2D eigenvalue weighted by Gasteiger charge is -2.16. The van der Waals surface area contributed by atoms with E-state index < -0.39 is 6.10 Å². The molecule has 2 rings (SSSR count). The molecule has 1 heterocycles. The van der Waals surface area contributed by atoms with Crippen molar-refractivity contribution < 1.29 is 10.2 Å². The molecule has 3 heteroatoms. The molecule has 1 aromatic heterocycles. The Hall–Kier alpha value is -1.16. The highest BCUT2D eigenvalue weighted by atomic mass is 32.1. The molecule has 2 aromatic rings. The summed E-state index contributed by atoms with van der Waals surface area (Å²) in [5, 5.41) is 19.0. The van der Waals surface area contributed by atoms with Gasteiger partial charge in [-0.05, 0) is 28.7 Å². The number of rotatable bonds is 3. The van der Waals surface area contributed by atoms with E-state index in [4.69, 9.17) is 5.11 Å². The molecule has 0 amide bonds. The lowest BCUT2D eigenvalue weighted by molar-refractivity contribution is 0.0960. The highest BCUT2D eigenvalue weighted by molar-refractivity contribution is 7.15. The number of benzene rings is 1. The number of aliphatic hydroxyl groups is 2. The SMILES string of the molecule is CC(C)(C)c1ccc(-c2ccccc2C(O)CO)s1. The highest BCUT2D eigenvalue weighted by Gasteiger charge is 2.18. The molecule has 19 heavy (non-hydrogen) atoms. The molecule has 1 aromatic carbocycles. The second-order valence-corrected chi connectivity index (χ2v) is 6.78. The van der Waals surface area contributed by atoms with E-state index in [0.29, 0.717) is 0 Å². The van der Waals surface area contributed by atoms with Crippen LogP contribution in [0.1, 0.15) is 37.3 Å². The molecule has 0 saturated carbocycles. The summed E-state index contributed by atoms with van der Waals surface area (Å²) in [6.07, 6.45) is -0.823. The van der Waals surface area contributed by atoms with Crippen LogP contribution in [0, 0.1) is 0 Å². The zero-order valence-corrected chi connectivity index (χ0v) is 12.4. The van der Waals surface area contributed by atoms with E-state index in [1.54, 1.807) is 11.3 Å². The predicted octanol–water partition coefficient (Wildman–Crippen LogP) is 3.74. The molecule has 2 N–H and O–H groups in total. The topological polar surface area (TPSA) is 40.5 Å². The van der Waals surface area contributed by atoms with Crippen LogP contribution in [0.5, 0.6) is 0 Å². The molecule has 0 radical (unpaired) electrons. The smallest absolute Gasteiger partial charge is 0.103 e. The van der Waals surface area contributed by atoms with Crippen molar-refractivity contribution in [3.63, 3.8) is 0 Å². The van der Waals surface area contributed by atoms with Gasteiger partial charge in [0.15, 0.2) is 0 Å². The van der Waals surface area contributed by atoms with Gasteiger partial charge >= 0.3 is 0 Å². The van der Waals surface area contributed by atoms with E-state index in [2.05, 4.69) is 32.9 Å². The van der Waals surface area contributed by atoms with Crippen molar-refractivity contribution in [3.8, 4) is 10.4 Å². The van der Waals surface area contributed by atoms with Crippen LogP contribution in [0.25, 0.3) is 10.4 Å². The minimum atomic E-state index is -0.823. The minimum Gasteiger partial charge on any atom is -0.393 e. The maximum Gasteiger partial charge on any atom is 0.103 e. The fraction of sp³-hybridized carbons (Fsp3) is 0.375. The van der Waals surface area contributed by atoms with E-state index in [1.807, 2.05) is 24.3 Å². The zero-order chi connectivity index (χ0) is 14.0. The van der Waals surface area contributed by atoms with Crippen LogP contribution in [0.15, 0.2) is 36.4 Å². The highest BCUT2D eigenvalue weighted by Crippen LogP contribution is 2.37. The maximum atomic E-state index is 9.89. The third-order valence-corrected chi connectivity index (χ3v) is 4.65.